The molecule has 0 radical (unpaired) electrons. The Morgan fingerprint density at radius 3 is 2.41 bits per heavy atom. The van der Waals surface area contributed by atoms with Crippen LogP contribution in [0.4, 0.5) is 0 Å². The topological polar surface area (TPSA) is 67.5 Å². The van der Waals surface area contributed by atoms with Crippen LogP contribution in [0.2, 0.25) is 0 Å². The molecule has 176 valence electrons. The maximum absolute atomic E-state index is 11.6. The molecule has 34 heavy (non-hydrogen) atoms. The SMILES string of the molecule is O=C(O)c1cnn2ccc(C3CCCCCCC(C4=C\C=C/C=C\C=C/C=C(/I)C=C4)C3)nc12. The van der Waals surface area contributed by atoms with E-state index in [1.54, 1.807) is 4.52 Å². The highest BCUT2D eigenvalue weighted by Crippen LogP contribution is 2.36. The van der Waals surface area contributed by atoms with E-state index in [9.17, 15) is 9.90 Å². The second-order valence-electron chi connectivity index (χ2n) is 8.81. The predicted molar refractivity (Wildman–Crippen MR) is 145 cm³/mol. The van der Waals surface area contributed by atoms with Gasteiger partial charge < -0.3 is 5.11 Å². The number of carbonyl (C=O) groups is 1. The molecule has 2 aliphatic rings. The molecule has 6 heteroatoms. The molecule has 0 spiro atoms. The second kappa shape index (κ2) is 12.1. The number of carboxylic acids is 1. The van der Waals surface area contributed by atoms with Gasteiger partial charge in [0.05, 0.1) is 6.20 Å². The van der Waals surface area contributed by atoms with Crippen molar-refractivity contribution in [3.63, 3.8) is 0 Å². The third kappa shape index (κ3) is 6.44. The van der Waals surface area contributed by atoms with Gasteiger partial charge in [-0.2, -0.15) is 5.10 Å². The highest BCUT2D eigenvalue weighted by atomic mass is 127. The Morgan fingerprint density at radius 1 is 0.941 bits per heavy atom. The Bertz CT molecular complexity index is 1200. The van der Waals surface area contributed by atoms with E-state index >= 15 is 0 Å². The van der Waals surface area contributed by atoms with Crippen LogP contribution in [0.3, 0.4) is 0 Å². The summed E-state index contributed by atoms with van der Waals surface area (Å²) < 4.78 is 2.74. The molecule has 2 aromatic heterocycles. The van der Waals surface area contributed by atoms with Crippen molar-refractivity contribution in [2.75, 3.05) is 0 Å². The lowest BCUT2D eigenvalue weighted by Gasteiger charge is -2.24. The molecule has 2 heterocycles. The normalized spacial score (nSPS) is 26.5. The molecule has 0 aliphatic heterocycles. The van der Waals surface area contributed by atoms with Crippen LogP contribution >= 0.6 is 22.6 Å². The van der Waals surface area contributed by atoms with Gasteiger partial charge >= 0.3 is 5.97 Å². The van der Waals surface area contributed by atoms with E-state index in [0.717, 1.165) is 25.0 Å². The molecule has 2 unspecified atom stereocenters. The summed E-state index contributed by atoms with van der Waals surface area (Å²) in [6.45, 7) is 0. The van der Waals surface area contributed by atoms with Crippen molar-refractivity contribution in [1.29, 1.82) is 0 Å². The average Bonchev–Trinajstić information content (AvgIpc) is 3.29. The first-order valence-corrected chi connectivity index (χ1v) is 13.0. The number of rotatable bonds is 3. The quantitative estimate of drug-likeness (QED) is 0.394. The number of halogens is 1. The lowest BCUT2D eigenvalue weighted by atomic mass is 9.82. The van der Waals surface area contributed by atoms with Gasteiger partial charge in [0.25, 0.3) is 0 Å². The maximum atomic E-state index is 11.6. The largest absolute Gasteiger partial charge is 0.477 e. The van der Waals surface area contributed by atoms with Crippen LogP contribution in [0, 0.1) is 5.92 Å². The van der Waals surface area contributed by atoms with Gasteiger partial charge in [-0.05, 0) is 71.6 Å². The zero-order chi connectivity index (χ0) is 23.8. The highest BCUT2D eigenvalue weighted by molar-refractivity contribution is 14.1. The minimum atomic E-state index is -0.992. The van der Waals surface area contributed by atoms with Gasteiger partial charge in [0.2, 0.25) is 0 Å². The number of nitrogens with zero attached hydrogens (tertiary/aromatic N) is 3. The van der Waals surface area contributed by atoms with Crippen molar-refractivity contribution in [1.82, 2.24) is 14.6 Å². The summed E-state index contributed by atoms with van der Waals surface area (Å²) in [4.78, 5) is 16.4. The van der Waals surface area contributed by atoms with Gasteiger partial charge in [-0.25, -0.2) is 14.3 Å². The van der Waals surface area contributed by atoms with Crippen LogP contribution in [0.5, 0.6) is 0 Å². The molecular weight excluding hydrogens is 537 g/mol. The Hall–Kier alpha value is -2.74. The monoisotopic (exact) mass is 567 g/mol. The van der Waals surface area contributed by atoms with Crippen LogP contribution in [-0.2, 0) is 0 Å². The van der Waals surface area contributed by atoms with Gasteiger partial charge in [-0.3, -0.25) is 0 Å². The standard InChI is InChI=1S/C28H30IN3O2/c29-24-14-10-4-2-1-3-7-11-21(15-16-24)22-12-8-5-6-9-13-23(19-22)26-17-18-32-27(31-26)25(20-30-32)28(33)34/h1-4,7,10-11,14-18,20,22-23H,5-6,8-9,12-13,19H2,(H,33,34)/b2-1-,3-1?,4-2?,7-3-,10-4-,11-7?,14-10?,16-15?,21-11?,21-15?,24-14+,24-16?. The summed E-state index contributed by atoms with van der Waals surface area (Å²) in [6.07, 6.45) is 32.5. The summed E-state index contributed by atoms with van der Waals surface area (Å²) in [5.41, 5.74) is 2.88. The molecule has 1 fully saturated rings. The Morgan fingerprint density at radius 2 is 1.65 bits per heavy atom. The number of fused-ring (bicyclic) bond motifs is 1. The molecule has 2 aromatic rings. The van der Waals surface area contributed by atoms with Gasteiger partial charge in [-0.1, -0.05) is 74.3 Å². The zero-order valence-electron chi connectivity index (χ0n) is 19.2. The second-order valence-corrected chi connectivity index (χ2v) is 10.1. The molecule has 0 amide bonds. The predicted octanol–water partition coefficient (Wildman–Crippen LogP) is 7.36. The molecular formula is C28H30IN3O2. The molecule has 1 N–H and O–H groups in total. The van der Waals surface area contributed by atoms with Gasteiger partial charge in [0.1, 0.15) is 5.56 Å². The van der Waals surface area contributed by atoms with Crippen molar-refractivity contribution >= 4 is 34.2 Å². The van der Waals surface area contributed by atoms with E-state index < -0.39 is 5.97 Å². The van der Waals surface area contributed by atoms with Crippen LogP contribution in [-0.4, -0.2) is 25.7 Å². The zero-order valence-corrected chi connectivity index (χ0v) is 21.3. The van der Waals surface area contributed by atoms with Gasteiger partial charge in [0.15, 0.2) is 5.65 Å². The lowest BCUT2D eigenvalue weighted by Crippen LogP contribution is -2.12. The van der Waals surface area contributed by atoms with Gasteiger partial charge in [0, 0.05) is 21.4 Å². The molecule has 4 rings (SSSR count). The molecule has 1 saturated carbocycles. The third-order valence-electron chi connectivity index (χ3n) is 6.47. The fraction of sp³-hybridized carbons (Fsp3) is 0.321. The summed E-state index contributed by atoms with van der Waals surface area (Å²) >= 11 is 2.37. The smallest absolute Gasteiger partial charge is 0.341 e. The van der Waals surface area contributed by atoms with Crippen LogP contribution in [0.1, 0.15) is 66.9 Å². The van der Waals surface area contributed by atoms with Gasteiger partial charge in [-0.15, -0.1) is 0 Å². The summed E-state index contributed by atoms with van der Waals surface area (Å²) in [6, 6.07) is 2.01. The summed E-state index contributed by atoms with van der Waals surface area (Å²) in [5.74, 6) is -0.298. The highest BCUT2D eigenvalue weighted by Gasteiger charge is 2.24. The molecule has 0 aromatic carbocycles. The number of aromatic nitrogens is 3. The number of hydrogen-bond donors (Lipinski definition) is 1. The van der Waals surface area contributed by atoms with Crippen molar-refractivity contribution in [2.24, 2.45) is 5.92 Å². The first-order chi connectivity index (χ1) is 16.6. The average molecular weight is 567 g/mol. The van der Waals surface area contributed by atoms with Crippen molar-refractivity contribution in [3.05, 3.63) is 99.6 Å². The Kier molecular flexibility index (Phi) is 8.68. The number of hydrogen-bond acceptors (Lipinski definition) is 3. The minimum absolute atomic E-state index is 0.153. The lowest BCUT2D eigenvalue weighted by molar-refractivity contribution is 0.0698. The van der Waals surface area contributed by atoms with Crippen LogP contribution < -0.4 is 0 Å². The van der Waals surface area contributed by atoms with Crippen molar-refractivity contribution < 1.29 is 9.90 Å². The Labute approximate surface area is 214 Å². The molecule has 2 atom stereocenters. The summed E-state index contributed by atoms with van der Waals surface area (Å²) in [7, 11) is 0. The van der Waals surface area contributed by atoms with E-state index in [-0.39, 0.29) is 11.5 Å². The van der Waals surface area contributed by atoms with E-state index in [1.807, 2.05) is 30.5 Å². The molecule has 5 nitrogen and oxygen atoms in total. The van der Waals surface area contributed by atoms with E-state index in [2.05, 4.69) is 70.2 Å². The fourth-order valence-electron chi connectivity index (χ4n) is 4.68. The number of allylic oxidation sites excluding steroid dienone is 12. The van der Waals surface area contributed by atoms with E-state index in [1.165, 1.54) is 41.0 Å². The Balaban J connectivity index is 1.67. The summed E-state index contributed by atoms with van der Waals surface area (Å²) in [5, 5.41) is 13.7. The van der Waals surface area contributed by atoms with E-state index in [0.29, 0.717) is 11.6 Å². The van der Waals surface area contributed by atoms with Crippen molar-refractivity contribution in [3.8, 4) is 0 Å². The molecule has 2 aliphatic carbocycles. The first-order valence-electron chi connectivity index (χ1n) is 11.9. The molecule has 0 saturated heterocycles. The first kappa shape index (κ1) is 24.4. The van der Waals surface area contributed by atoms with Crippen LogP contribution in [0.15, 0.2) is 88.4 Å². The van der Waals surface area contributed by atoms with Crippen molar-refractivity contribution in [2.45, 2.75) is 50.9 Å². The van der Waals surface area contributed by atoms with E-state index in [4.69, 9.17) is 4.98 Å². The maximum Gasteiger partial charge on any atom is 0.341 e. The number of aromatic carboxylic acids is 1. The minimum Gasteiger partial charge on any atom is -0.477 e. The fourth-order valence-corrected chi connectivity index (χ4v) is 5.06. The van der Waals surface area contributed by atoms with Crippen LogP contribution in [0.25, 0.3) is 5.65 Å². The molecule has 0 bridgehead atoms. The third-order valence-corrected chi connectivity index (χ3v) is 7.19. The number of carboxylic acid groups (broad SMARTS) is 1.